The summed E-state index contributed by atoms with van der Waals surface area (Å²) in [5.74, 6) is 2.16. The molecule has 2 N–H and O–H groups in total. The summed E-state index contributed by atoms with van der Waals surface area (Å²) in [6.45, 7) is 2.03. The lowest BCUT2D eigenvalue weighted by Gasteiger charge is -2.38. The van der Waals surface area contributed by atoms with Gasteiger partial charge in [0.1, 0.15) is 22.9 Å². The SMILES string of the molecule is CCc1cnc(=O)[nH]c1NC(c1ccccc1)(c1ccc(OC)cc1)c1ccc(OC)cc1. The van der Waals surface area contributed by atoms with Gasteiger partial charge < -0.3 is 14.8 Å². The number of rotatable bonds is 8. The third-order valence-corrected chi connectivity index (χ3v) is 5.84. The lowest BCUT2D eigenvalue weighted by Crippen LogP contribution is -2.39. The maximum absolute atomic E-state index is 12.2. The van der Waals surface area contributed by atoms with Crippen molar-refractivity contribution in [1.82, 2.24) is 9.97 Å². The van der Waals surface area contributed by atoms with Crippen molar-refractivity contribution in [2.75, 3.05) is 19.5 Å². The average molecular weight is 442 g/mol. The molecule has 4 rings (SSSR count). The van der Waals surface area contributed by atoms with Gasteiger partial charge in [0.25, 0.3) is 0 Å². The van der Waals surface area contributed by atoms with E-state index in [1.54, 1.807) is 20.4 Å². The van der Waals surface area contributed by atoms with Crippen LogP contribution in [0.3, 0.4) is 0 Å². The molecule has 1 aromatic heterocycles. The van der Waals surface area contributed by atoms with Crippen molar-refractivity contribution in [3.63, 3.8) is 0 Å². The zero-order valence-corrected chi connectivity index (χ0v) is 19.0. The number of hydrogen-bond acceptors (Lipinski definition) is 5. The molecule has 0 aliphatic heterocycles. The van der Waals surface area contributed by atoms with E-state index in [0.29, 0.717) is 12.2 Å². The van der Waals surface area contributed by atoms with Crippen LogP contribution in [-0.4, -0.2) is 24.2 Å². The molecule has 0 aliphatic carbocycles. The summed E-state index contributed by atoms with van der Waals surface area (Å²) in [6, 6.07) is 26.1. The minimum atomic E-state index is -0.811. The number of hydrogen-bond donors (Lipinski definition) is 2. The molecule has 1 heterocycles. The molecule has 3 aromatic carbocycles. The monoisotopic (exact) mass is 441 g/mol. The Kier molecular flexibility index (Phi) is 6.45. The molecule has 0 fully saturated rings. The zero-order valence-electron chi connectivity index (χ0n) is 19.0. The summed E-state index contributed by atoms with van der Waals surface area (Å²) >= 11 is 0. The molecule has 0 amide bonds. The molecular formula is C27H27N3O3. The van der Waals surface area contributed by atoms with Gasteiger partial charge in [0.2, 0.25) is 0 Å². The summed E-state index contributed by atoms with van der Waals surface area (Å²) in [6.07, 6.45) is 2.33. The van der Waals surface area contributed by atoms with Gasteiger partial charge in [-0.2, -0.15) is 0 Å². The van der Waals surface area contributed by atoms with Crippen molar-refractivity contribution in [2.24, 2.45) is 0 Å². The van der Waals surface area contributed by atoms with Crippen LogP contribution in [0.4, 0.5) is 5.82 Å². The molecule has 0 saturated heterocycles. The molecule has 4 aromatic rings. The van der Waals surface area contributed by atoms with Crippen LogP contribution in [0.25, 0.3) is 0 Å². The number of ether oxygens (including phenoxy) is 2. The fourth-order valence-corrected chi connectivity index (χ4v) is 4.07. The Morgan fingerprint density at radius 3 is 1.82 bits per heavy atom. The number of nitrogens with one attached hydrogen (secondary N) is 2. The van der Waals surface area contributed by atoms with Gasteiger partial charge in [0, 0.05) is 11.8 Å². The molecule has 168 valence electrons. The number of aromatic amines is 1. The first-order valence-electron chi connectivity index (χ1n) is 10.8. The largest absolute Gasteiger partial charge is 0.497 e. The van der Waals surface area contributed by atoms with E-state index in [1.165, 1.54) is 0 Å². The van der Waals surface area contributed by atoms with Crippen molar-refractivity contribution in [3.05, 3.63) is 118 Å². The predicted octanol–water partition coefficient (Wildman–Crippen LogP) is 4.75. The van der Waals surface area contributed by atoms with E-state index in [2.05, 4.69) is 27.4 Å². The molecule has 0 aliphatic rings. The van der Waals surface area contributed by atoms with E-state index >= 15 is 0 Å². The van der Waals surface area contributed by atoms with E-state index in [0.717, 1.165) is 33.8 Å². The Morgan fingerprint density at radius 2 is 1.33 bits per heavy atom. The molecule has 6 nitrogen and oxygen atoms in total. The third kappa shape index (κ3) is 4.32. The Balaban J connectivity index is 2.03. The lowest BCUT2D eigenvalue weighted by atomic mass is 9.76. The molecule has 33 heavy (non-hydrogen) atoms. The Hall–Kier alpha value is -4.06. The predicted molar refractivity (Wildman–Crippen MR) is 130 cm³/mol. The van der Waals surface area contributed by atoms with Crippen molar-refractivity contribution < 1.29 is 9.47 Å². The van der Waals surface area contributed by atoms with Crippen LogP contribution < -0.4 is 20.5 Å². The van der Waals surface area contributed by atoms with Gasteiger partial charge in [0.15, 0.2) is 0 Å². The smallest absolute Gasteiger partial charge is 0.346 e. The van der Waals surface area contributed by atoms with Gasteiger partial charge in [-0.15, -0.1) is 0 Å². The fraction of sp³-hybridized carbons (Fsp3) is 0.185. The topological polar surface area (TPSA) is 76.2 Å². The quantitative estimate of drug-likeness (QED) is 0.386. The standard InChI is InChI=1S/C27H27N3O3/c1-4-19-18-28-26(31)29-25(19)30-27(20-8-6-5-7-9-20,21-10-14-23(32-2)15-11-21)22-12-16-24(33-3)17-13-22/h5-18H,4H2,1-3H3,(H2,28,29,30,31). The highest BCUT2D eigenvalue weighted by Crippen LogP contribution is 2.41. The van der Waals surface area contributed by atoms with Gasteiger partial charge in [-0.3, -0.25) is 4.98 Å². The molecule has 0 spiro atoms. The van der Waals surface area contributed by atoms with E-state index in [4.69, 9.17) is 9.47 Å². The maximum Gasteiger partial charge on any atom is 0.346 e. The third-order valence-electron chi connectivity index (χ3n) is 5.84. The highest BCUT2D eigenvalue weighted by Gasteiger charge is 2.37. The van der Waals surface area contributed by atoms with E-state index in [-0.39, 0.29) is 0 Å². The summed E-state index contributed by atoms with van der Waals surface area (Å²) in [4.78, 5) is 19.0. The van der Waals surface area contributed by atoms with Crippen LogP contribution in [0.1, 0.15) is 29.2 Å². The second kappa shape index (κ2) is 9.61. The second-order valence-electron chi connectivity index (χ2n) is 7.64. The first-order valence-corrected chi connectivity index (χ1v) is 10.8. The molecular weight excluding hydrogens is 414 g/mol. The molecule has 0 radical (unpaired) electrons. The molecule has 6 heteroatoms. The first kappa shape index (κ1) is 22.1. The summed E-state index contributed by atoms with van der Waals surface area (Å²) in [5, 5.41) is 3.70. The van der Waals surface area contributed by atoms with Crippen LogP contribution in [0.2, 0.25) is 0 Å². The normalized spacial score (nSPS) is 11.1. The Bertz CT molecular complexity index is 1200. The zero-order chi connectivity index (χ0) is 23.3. The van der Waals surface area contributed by atoms with Crippen molar-refractivity contribution in [2.45, 2.75) is 18.9 Å². The Labute approximate surface area is 193 Å². The van der Waals surface area contributed by atoms with Crippen LogP contribution in [0, 0.1) is 0 Å². The van der Waals surface area contributed by atoms with Crippen molar-refractivity contribution in [1.29, 1.82) is 0 Å². The van der Waals surface area contributed by atoms with Crippen LogP contribution in [0.15, 0.2) is 89.9 Å². The van der Waals surface area contributed by atoms with E-state index < -0.39 is 11.2 Å². The average Bonchev–Trinajstić information content (AvgIpc) is 2.88. The molecule has 0 saturated carbocycles. The van der Waals surface area contributed by atoms with Gasteiger partial charge in [-0.1, -0.05) is 61.5 Å². The highest BCUT2D eigenvalue weighted by molar-refractivity contribution is 5.60. The van der Waals surface area contributed by atoms with Gasteiger partial charge in [-0.05, 0) is 47.4 Å². The summed E-state index contributed by atoms with van der Waals surface area (Å²) in [5.41, 5.74) is 2.69. The van der Waals surface area contributed by atoms with Crippen LogP contribution in [-0.2, 0) is 12.0 Å². The summed E-state index contributed by atoms with van der Waals surface area (Å²) in [7, 11) is 3.30. The number of aromatic nitrogens is 2. The first-order chi connectivity index (χ1) is 16.1. The van der Waals surface area contributed by atoms with Gasteiger partial charge in [0.05, 0.1) is 14.2 Å². The molecule has 0 bridgehead atoms. The van der Waals surface area contributed by atoms with E-state index in [1.807, 2.05) is 73.7 Å². The van der Waals surface area contributed by atoms with Crippen LogP contribution >= 0.6 is 0 Å². The minimum absolute atomic E-state index is 0.402. The Morgan fingerprint density at radius 1 is 0.818 bits per heavy atom. The maximum atomic E-state index is 12.2. The molecule has 0 atom stereocenters. The van der Waals surface area contributed by atoms with Gasteiger partial charge in [-0.25, -0.2) is 9.78 Å². The van der Waals surface area contributed by atoms with Crippen molar-refractivity contribution in [3.8, 4) is 11.5 Å². The van der Waals surface area contributed by atoms with Crippen LogP contribution in [0.5, 0.6) is 11.5 Å². The number of aryl methyl sites for hydroxylation is 1. The van der Waals surface area contributed by atoms with Crippen molar-refractivity contribution >= 4 is 5.82 Å². The molecule has 0 unspecified atom stereocenters. The fourth-order valence-electron chi connectivity index (χ4n) is 4.07. The van der Waals surface area contributed by atoms with E-state index in [9.17, 15) is 4.79 Å². The van der Waals surface area contributed by atoms with Gasteiger partial charge >= 0.3 is 5.69 Å². The number of anilines is 1. The second-order valence-corrected chi connectivity index (χ2v) is 7.64. The number of H-pyrrole nitrogens is 1. The number of nitrogens with zero attached hydrogens (tertiary/aromatic N) is 1. The number of methoxy groups -OCH3 is 2. The summed E-state index contributed by atoms with van der Waals surface area (Å²) < 4.78 is 10.8. The minimum Gasteiger partial charge on any atom is -0.497 e. The highest BCUT2D eigenvalue weighted by atomic mass is 16.5. The number of benzene rings is 3. The lowest BCUT2D eigenvalue weighted by molar-refractivity contribution is 0.414.